The summed E-state index contributed by atoms with van der Waals surface area (Å²) in [7, 11) is 0. The Morgan fingerprint density at radius 2 is 2.00 bits per heavy atom. The molecule has 1 aromatic rings. The van der Waals surface area contributed by atoms with Crippen molar-refractivity contribution in [2.75, 3.05) is 11.9 Å². The number of benzene rings is 1. The SMILES string of the molecule is N#Cc1ccc(NC(=O)NC/C=C/C(=O)O)cc1. The number of carboxylic acid groups (broad SMARTS) is 1. The van der Waals surface area contributed by atoms with Crippen LogP contribution in [-0.2, 0) is 4.79 Å². The summed E-state index contributed by atoms with van der Waals surface area (Å²) in [6.07, 6.45) is 2.27. The number of hydrogen-bond acceptors (Lipinski definition) is 3. The Hall–Kier alpha value is -2.81. The van der Waals surface area contributed by atoms with Gasteiger partial charge in [-0.25, -0.2) is 9.59 Å². The Kier molecular flexibility index (Phi) is 4.94. The number of aliphatic carboxylic acids is 1. The summed E-state index contributed by atoms with van der Waals surface area (Å²) in [6, 6.07) is 7.89. The summed E-state index contributed by atoms with van der Waals surface area (Å²) >= 11 is 0. The predicted octanol–water partition coefficient (Wildman–Crippen LogP) is 1.32. The van der Waals surface area contributed by atoms with Gasteiger partial charge in [0.15, 0.2) is 0 Å². The molecule has 0 spiro atoms. The first-order valence-electron chi connectivity index (χ1n) is 5.06. The van der Waals surface area contributed by atoms with E-state index in [1.807, 2.05) is 6.07 Å². The van der Waals surface area contributed by atoms with E-state index in [-0.39, 0.29) is 6.54 Å². The average molecular weight is 245 g/mol. The zero-order chi connectivity index (χ0) is 13.4. The maximum Gasteiger partial charge on any atom is 0.328 e. The van der Waals surface area contributed by atoms with Gasteiger partial charge in [0, 0.05) is 18.3 Å². The molecule has 0 aliphatic heterocycles. The lowest BCUT2D eigenvalue weighted by Crippen LogP contribution is -2.28. The molecular weight excluding hydrogens is 234 g/mol. The summed E-state index contributed by atoms with van der Waals surface area (Å²) in [5.41, 5.74) is 1.05. The maximum absolute atomic E-state index is 11.3. The highest BCUT2D eigenvalue weighted by Gasteiger charge is 1.99. The standard InChI is InChI=1S/C12H11N3O3/c13-8-9-3-5-10(6-4-9)15-12(18)14-7-1-2-11(16)17/h1-6H,7H2,(H,16,17)(H2,14,15,18)/b2-1+. The van der Waals surface area contributed by atoms with Crippen LogP contribution in [0.4, 0.5) is 10.5 Å². The number of hydrogen-bond donors (Lipinski definition) is 3. The monoisotopic (exact) mass is 245 g/mol. The fourth-order valence-corrected chi connectivity index (χ4v) is 1.11. The van der Waals surface area contributed by atoms with Crippen LogP contribution in [0.25, 0.3) is 0 Å². The second kappa shape index (κ2) is 6.70. The van der Waals surface area contributed by atoms with Crippen molar-refractivity contribution in [2.24, 2.45) is 0 Å². The van der Waals surface area contributed by atoms with E-state index in [1.165, 1.54) is 6.08 Å². The van der Waals surface area contributed by atoms with Gasteiger partial charge in [-0.1, -0.05) is 6.08 Å². The largest absolute Gasteiger partial charge is 0.478 e. The first-order chi connectivity index (χ1) is 8.61. The molecule has 0 saturated carbocycles. The number of carboxylic acids is 1. The zero-order valence-electron chi connectivity index (χ0n) is 9.38. The van der Waals surface area contributed by atoms with E-state index < -0.39 is 12.0 Å². The predicted molar refractivity (Wildman–Crippen MR) is 65.0 cm³/mol. The molecule has 0 saturated heterocycles. The minimum absolute atomic E-state index is 0.119. The second-order valence-electron chi connectivity index (χ2n) is 3.26. The molecule has 0 unspecified atom stereocenters. The van der Waals surface area contributed by atoms with E-state index >= 15 is 0 Å². The Balaban J connectivity index is 2.40. The smallest absolute Gasteiger partial charge is 0.328 e. The average Bonchev–Trinajstić information content (AvgIpc) is 2.35. The van der Waals surface area contributed by atoms with Gasteiger partial charge in [-0.05, 0) is 24.3 Å². The quantitative estimate of drug-likeness (QED) is 0.696. The van der Waals surface area contributed by atoms with Gasteiger partial charge in [0.1, 0.15) is 0 Å². The van der Waals surface area contributed by atoms with E-state index in [0.717, 1.165) is 6.08 Å². The van der Waals surface area contributed by atoms with Gasteiger partial charge in [0.2, 0.25) is 0 Å². The van der Waals surface area contributed by atoms with Gasteiger partial charge in [-0.15, -0.1) is 0 Å². The summed E-state index contributed by atoms with van der Waals surface area (Å²) < 4.78 is 0. The highest BCUT2D eigenvalue weighted by Crippen LogP contribution is 2.08. The maximum atomic E-state index is 11.3. The van der Waals surface area contributed by atoms with Crippen LogP contribution < -0.4 is 10.6 Å². The molecule has 0 atom stereocenters. The van der Waals surface area contributed by atoms with Gasteiger partial charge < -0.3 is 15.7 Å². The van der Waals surface area contributed by atoms with Crippen molar-refractivity contribution in [3.63, 3.8) is 0 Å². The number of nitrogens with one attached hydrogen (secondary N) is 2. The molecule has 6 heteroatoms. The van der Waals surface area contributed by atoms with Gasteiger partial charge in [-0.2, -0.15) is 5.26 Å². The number of anilines is 1. The molecule has 0 heterocycles. The molecule has 0 fully saturated rings. The lowest BCUT2D eigenvalue weighted by atomic mass is 10.2. The molecule has 3 N–H and O–H groups in total. The molecule has 92 valence electrons. The minimum Gasteiger partial charge on any atom is -0.478 e. The van der Waals surface area contributed by atoms with Gasteiger partial charge in [0.25, 0.3) is 0 Å². The van der Waals surface area contributed by atoms with Crippen LogP contribution in [0.2, 0.25) is 0 Å². The number of nitriles is 1. The Morgan fingerprint density at radius 1 is 1.33 bits per heavy atom. The Labute approximate surface area is 104 Å². The van der Waals surface area contributed by atoms with E-state index in [9.17, 15) is 9.59 Å². The third-order valence-corrected chi connectivity index (χ3v) is 1.91. The molecule has 0 radical (unpaired) electrons. The molecule has 0 aromatic heterocycles. The first kappa shape index (κ1) is 13.3. The summed E-state index contributed by atoms with van der Waals surface area (Å²) in [5.74, 6) is -1.07. The fourth-order valence-electron chi connectivity index (χ4n) is 1.11. The number of carbonyl (C=O) groups is 2. The van der Waals surface area contributed by atoms with Crippen LogP contribution in [0.5, 0.6) is 0 Å². The number of rotatable bonds is 4. The van der Waals surface area contributed by atoms with Crippen molar-refractivity contribution in [1.29, 1.82) is 5.26 Å². The molecule has 6 nitrogen and oxygen atoms in total. The van der Waals surface area contributed by atoms with E-state index in [4.69, 9.17) is 10.4 Å². The molecule has 2 amide bonds. The molecular formula is C12H11N3O3. The Morgan fingerprint density at radius 3 is 2.56 bits per heavy atom. The summed E-state index contributed by atoms with van der Waals surface area (Å²) in [6.45, 7) is 0.119. The molecule has 18 heavy (non-hydrogen) atoms. The van der Waals surface area contributed by atoms with Crippen molar-refractivity contribution in [2.45, 2.75) is 0 Å². The highest BCUT2D eigenvalue weighted by atomic mass is 16.4. The third-order valence-electron chi connectivity index (χ3n) is 1.91. The lowest BCUT2D eigenvalue weighted by molar-refractivity contribution is -0.131. The van der Waals surface area contributed by atoms with E-state index in [1.54, 1.807) is 24.3 Å². The molecule has 0 aliphatic carbocycles. The second-order valence-corrected chi connectivity index (χ2v) is 3.26. The van der Waals surface area contributed by atoms with Gasteiger partial charge in [-0.3, -0.25) is 0 Å². The van der Waals surface area contributed by atoms with Crippen molar-refractivity contribution in [1.82, 2.24) is 5.32 Å². The molecule has 0 aliphatic rings. The number of amides is 2. The topological polar surface area (TPSA) is 102 Å². The zero-order valence-corrected chi connectivity index (χ0v) is 9.38. The van der Waals surface area contributed by atoms with Crippen molar-refractivity contribution in [3.05, 3.63) is 42.0 Å². The third kappa shape index (κ3) is 4.81. The van der Waals surface area contributed by atoms with Crippen LogP contribution in [-0.4, -0.2) is 23.7 Å². The van der Waals surface area contributed by atoms with Gasteiger partial charge >= 0.3 is 12.0 Å². The van der Waals surface area contributed by atoms with Crippen molar-refractivity contribution in [3.8, 4) is 6.07 Å². The summed E-state index contributed by atoms with van der Waals surface area (Å²) in [5, 5.41) is 21.9. The Bertz CT molecular complexity index is 500. The minimum atomic E-state index is -1.07. The van der Waals surface area contributed by atoms with Crippen molar-refractivity contribution < 1.29 is 14.7 Å². The van der Waals surface area contributed by atoms with Crippen LogP contribution in [0.1, 0.15) is 5.56 Å². The normalized spacial score (nSPS) is 9.72. The number of urea groups is 1. The van der Waals surface area contributed by atoms with Crippen LogP contribution >= 0.6 is 0 Å². The first-order valence-corrected chi connectivity index (χ1v) is 5.06. The molecule has 0 bridgehead atoms. The fraction of sp³-hybridized carbons (Fsp3) is 0.0833. The molecule has 1 aromatic carbocycles. The highest BCUT2D eigenvalue weighted by molar-refractivity contribution is 5.89. The van der Waals surface area contributed by atoms with E-state index in [2.05, 4.69) is 10.6 Å². The van der Waals surface area contributed by atoms with Crippen LogP contribution in [0.3, 0.4) is 0 Å². The number of carbonyl (C=O) groups excluding carboxylic acids is 1. The van der Waals surface area contributed by atoms with Gasteiger partial charge in [0.05, 0.1) is 11.6 Å². The van der Waals surface area contributed by atoms with Crippen molar-refractivity contribution >= 4 is 17.7 Å². The number of nitrogens with zero attached hydrogens (tertiary/aromatic N) is 1. The molecule has 1 rings (SSSR count). The van der Waals surface area contributed by atoms with Crippen LogP contribution in [0, 0.1) is 11.3 Å². The summed E-state index contributed by atoms with van der Waals surface area (Å²) in [4.78, 5) is 21.5. The van der Waals surface area contributed by atoms with E-state index in [0.29, 0.717) is 11.3 Å². The lowest BCUT2D eigenvalue weighted by Gasteiger charge is -2.05. The van der Waals surface area contributed by atoms with Crippen LogP contribution in [0.15, 0.2) is 36.4 Å².